The minimum atomic E-state index is -0.242. The average molecular weight is 297 g/mol. The van der Waals surface area contributed by atoms with Crippen LogP contribution >= 0.6 is 11.8 Å². The van der Waals surface area contributed by atoms with Gasteiger partial charge in [0.05, 0.1) is 6.61 Å². The Morgan fingerprint density at radius 2 is 2.20 bits per heavy atom. The van der Waals surface area contributed by atoms with Gasteiger partial charge in [-0.3, -0.25) is 4.79 Å². The highest BCUT2D eigenvalue weighted by atomic mass is 32.2. The molecule has 112 valence electrons. The van der Waals surface area contributed by atoms with E-state index < -0.39 is 0 Å². The fraction of sp³-hybridized carbons (Fsp3) is 0.786. The molecule has 1 atom stereocenters. The molecule has 0 aromatic carbocycles. The molecule has 1 heterocycles. The summed E-state index contributed by atoms with van der Waals surface area (Å²) in [5.74, 6) is 1.48. The normalized spacial score (nSPS) is 16.1. The Hall–Kier alpha value is -1.04. The summed E-state index contributed by atoms with van der Waals surface area (Å²) in [6, 6.07) is 0. The summed E-state index contributed by atoms with van der Waals surface area (Å²) in [7, 11) is 0. The van der Waals surface area contributed by atoms with Crippen molar-refractivity contribution in [2.75, 3.05) is 6.61 Å². The maximum absolute atomic E-state index is 11.9. The van der Waals surface area contributed by atoms with E-state index in [1.165, 1.54) is 24.6 Å². The zero-order chi connectivity index (χ0) is 14.5. The van der Waals surface area contributed by atoms with Crippen LogP contribution in [0.1, 0.15) is 58.2 Å². The van der Waals surface area contributed by atoms with Crippen LogP contribution in [0.25, 0.3) is 0 Å². The zero-order valence-corrected chi connectivity index (χ0v) is 13.3. The second kappa shape index (κ2) is 7.11. The summed E-state index contributed by atoms with van der Waals surface area (Å²) in [4.78, 5) is 11.9. The van der Waals surface area contributed by atoms with Crippen LogP contribution in [0.2, 0.25) is 0 Å². The Kier molecular flexibility index (Phi) is 5.46. The molecule has 2 rings (SSSR count). The number of ether oxygens (including phenoxy) is 1. The van der Waals surface area contributed by atoms with Gasteiger partial charge in [0.2, 0.25) is 0 Å². The molecule has 0 unspecified atom stereocenters. The third kappa shape index (κ3) is 3.75. The smallest absolute Gasteiger partial charge is 0.319 e. The molecule has 1 aromatic heterocycles. The molecular formula is C14H23N3O2S. The number of unbranched alkanes of at least 4 members (excludes halogenated alkanes) is 1. The first-order valence-electron chi connectivity index (χ1n) is 7.43. The fourth-order valence-corrected chi connectivity index (χ4v) is 2.89. The van der Waals surface area contributed by atoms with E-state index in [1.807, 2.05) is 6.92 Å². The molecular weight excluding hydrogens is 274 g/mol. The van der Waals surface area contributed by atoms with E-state index >= 15 is 0 Å². The number of nitrogens with zero attached hydrogens (tertiary/aromatic N) is 3. The van der Waals surface area contributed by atoms with Gasteiger partial charge in [-0.2, -0.15) is 0 Å². The monoisotopic (exact) mass is 297 g/mol. The highest BCUT2D eigenvalue weighted by Crippen LogP contribution is 2.40. The topological polar surface area (TPSA) is 57.0 Å². The van der Waals surface area contributed by atoms with Gasteiger partial charge in [0, 0.05) is 12.5 Å². The van der Waals surface area contributed by atoms with E-state index in [1.54, 1.807) is 0 Å². The van der Waals surface area contributed by atoms with E-state index in [4.69, 9.17) is 4.74 Å². The number of carbonyl (C=O) groups is 1. The molecule has 1 aliphatic carbocycles. The Bertz CT molecular complexity index is 457. The van der Waals surface area contributed by atoms with Crippen molar-refractivity contribution in [2.24, 2.45) is 0 Å². The van der Waals surface area contributed by atoms with Crippen molar-refractivity contribution in [2.45, 2.75) is 69.3 Å². The fourth-order valence-electron chi connectivity index (χ4n) is 1.97. The number of rotatable bonds is 8. The van der Waals surface area contributed by atoms with E-state index in [0.29, 0.717) is 12.5 Å². The van der Waals surface area contributed by atoms with Crippen LogP contribution in [0.4, 0.5) is 0 Å². The van der Waals surface area contributed by atoms with Crippen LogP contribution in [0, 0.1) is 0 Å². The maximum Gasteiger partial charge on any atom is 0.319 e. The SMILES string of the molecule is CCCCOC(=O)[C@@H](C)Sc1nnc(C2CC2)n1CC. The number of thioether (sulfide) groups is 1. The van der Waals surface area contributed by atoms with Crippen molar-refractivity contribution in [3.05, 3.63) is 5.82 Å². The Labute approximate surface area is 124 Å². The standard InChI is InChI=1S/C14H23N3O2S/c1-4-6-9-19-13(18)10(3)20-14-16-15-12(11-7-8-11)17(14)5-2/h10-11H,4-9H2,1-3H3/t10-/m1/s1. The molecule has 1 saturated carbocycles. The lowest BCUT2D eigenvalue weighted by molar-refractivity contribution is -0.142. The predicted molar refractivity (Wildman–Crippen MR) is 78.9 cm³/mol. The number of aromatic nitrogens is 3. The highest BCUT2D eigenvalue weighted by molar-refractivity contribution is 8.00. The number of esters is 1. The molecule has 1 aliphatic rings. The van der Waals surface area contributed by atoms with Gasteiger partial charge in [-0.25, -0.2) is 0 Å². The lowest BCUT2D eigenvalue weighted by Crippen LogP contribution is -2.18. The van der Waals surface area contributed by atoms with Crippen LogP contribution in [0.3, 0.4) is 0 Å². The van der Waals surface area contributed by atoms with Gasteiger partial charge in [-0.1, -0.05) is 25.1 Å². The summed E-state index contributed by atoms with van der Waals surface area (Å²) >= 11 is 1.44. The average Bonchev–Trinajstić information content (AvgIpc) is 3.20. The van der Waals surface area contributed by atoms with E-state index in [0.717, 1.165) is 30.4 Å². The third-order valence-electron chi connectivity index (χ3n) is 3.36. The van der Waals surface area contributed by atoms with Crippen molar-refractivity contribution >= 4 is 17.7 Å². The minimum Gasteiger partial charge on any atom is -0.465 e. The molecule has 1 fully saturated rings. The van der Waals surface area contributed by atoms with E-state index in [9.17, 15) is 4.79 Å². The molecule has 6 heteroatoms. The molecule has 0 saturated heterocycles. The molecule has 0 radical (unpaired) electrons. The molecule has 0 amide bonds. The van der Waals surface area contributed by atoms with E-state index in [-0.39, 0.29) is 11.2 Å². The Morgan fingerprint density at radius 3 is 2.80 bits per heavy atom. The molecule has 1 aromatic rings. The maximum atomic E-state index is 11.9. The van der Waals surface area contributed by atoms with Crippen molar-refractivity contribution in [3.63, 3.8) is 0 Å². The van der Waals surface area contributed by atoms with Gasteiger partial charge in [0.15, 0.2) is 5.16 Å². The number of carbonyl (C=O) groups excluding carboxylic acids is 1. The highest BCUT2D eigenvalue weighted by Gasteiger charge is 2.30. The largest absolute Gasteiger partial charge is 0.465 e. The second-order valence-corrected chi connectivity index (χ2v) is 6.45. The molecule has 0 aliphatic heterocycles. The van der Waals surface area contributed by atoms with Crippen molar-refractivity contribution < 1.29 is 9.53 Å². The third-order valence-corrected chi connectivity index (χ3v) is 4.42. The van der Waals surface area contributed by atoms with Crippen molar-refractivity contribution in [1.82, 2.24) is 14.8 Å². The molecule has 0 bridgehead atoms. The van der Waals surface area contributed by atoms with Crippen LogP contribution in [-0.4, -0.2) is 32.6 Å². The number of hydrogen-bond donors (Lipinski definition) is 0. The van der Waals surface area contributed by atoms with Crippen LogP contribution in [0.15, 0.2) is 5.16 Å². The summed E-state index contributed by atoms with van der Waals surface area (Å²) in [5.41, 5.74) is 0. The summed E-state index contributed by atoms with van der Waals surface area (Å²) in [6.07, 6.45) is 4.36. The molecule has 5 nitrogen and oxygen atoms in total. The molecule has 0 spiro atoms. The van der Waals surface area contributed by atoms with Gasteiger partial charge in [-0.15, -0.1) is 10.2 Å². The quantitative estimate of drug-likeness (QED) is 0.419. The van der Waals surface area contributed by atoms with Gasteiger partial charge in [-0.05, 0) is 33.1 Å². The lowest BCUT2D eigenvalue weighted by Gasteiger charge is -2.11. The van der Waals surface area contributed by atoms with Gasteiger partial charge >= 0.3 is 5.97 Å². The lowest BCUT2D eigenvalue weighted by atomic mass is 10.4. The minimum absolute atomic E-state index is 0.165. The second-order valence-electron chi connectivity index (χ2n) is 5.14. The van der Waals surface area contributed by atoms with Gasteiger partial charge < -0.3 is 9.30 Å². The number of hydrogen-bond acceptors (Lipinski definition) is 5. The Balaban J connectivity index is 1.93. The first-order chi connectivity index (χ1) is 9.67. The van der Waals surface area contributed by atoms with Crippen molar-refractivity contribution in [1.29, 1.82) is 0 Å². The molecule has 20 heavy (non-hydrogen) atoms. The van der Waals surface area contributed by atoms with Crippen LogP contribution in [-0.2, 0) is 16.1 Å². The summed E-state index contributed by atoms with van der Waals surface area (Å²) < 4.78 is 7.36. The summed E-state index contributed by atoms with van der Waals surface area (Å²) in [5, 5.41) is 9.10. The molecule has 0 N–H and O–H groups in total. The van der Waals surface area contributed by atoms with Crippen molar-refractivity contribution in [3.8, 4) is 0 Å². The Morgan fingerprint density at radius 1 is 1.45 bits per heavy atom. The van der Waals surface area contributed by atoms with Gasteiger partial charge in [0.25, 0.3) is 0 Å². The van der Waals surface area contributed by atoms with E-state index in [2.05, 4.69) is 28.6 Å². The van der Waals surface area contributed by atoms with Gasteiger partial charge in [0.1, 0.15) is 11.1 Å². The summed E-state index contributed by atoms with van der Waals surface area (Å²) in [6.45, 7) is 7.38. The zero-order valence-electron chi connectivity index (χ0n) is 12.5. The predicted octanol–water partition coefficient (Wildman–Crippen LogP) is 3.00. The first kappa shape index (κ1) is 15.4. The van der Waals surface area contributed by atoms with Crippen LogP contribution in [0.5, 0.6) is 0 Å². The van der Waals surface area contributed by atoms with Crippen LogP contribution < -0.4 is 0 Å². The first-order valence-corrected chi connectivity index (χ1v) is 8.31.